The minimum atomic E-state index is -0.951. The van der Waals surface area contributed by atoms with Gasteiger partial charge in [-0.15, -0.1) is 0 Å². The van der Waals surface area contributed by atoms with E-state index in [9.17, 15) is 14.7 Å². The molecular formula is C16H22N2O5. The van der Waals surface area contributed by atoms with E-state index in [4.69, 9.17) is 9.47 Å². The summed E-state index contributed by atoms with van der Waals surface area (Å²) in [7, 11) is 3.01. The lowest BCUT2D eigenvalue weighted by atomic mass is 10.0. The second kappa shape index (κ2) is 7.32. The van der Waals surface area contributed by atoms with Gasteiger partial charge in [-0.1, -0.05) is 12.1 Å². The van der Waals surface area contributed by atoms with E-state index in [1.54, 1.807) is 23.1 Å². The molecule has 2 rings (SSSR count). The molecule has 1 aliphatic heterocycles. The lowest BCUT2D eigenvalue weighted by molar-refractivity contribution is -0.145. The molecule has 1 atom stereocenters. The Balaban J connectivity index is 2.30. The van der Waals surface area contributed by atoms with E-state index in [1.807, 2.05) is 4.90 Å². The molecule has 0 spiro atoms. The highest BCUT2D eigenvalue weighted by molar-refractivity contribution is 5.77. The SMILES string of the molecule is COc1cccc([C@H](C(=O)O)N2CCN(C(C)=O)CC2)c1OC. The molecule has 0 unspecified atom stereocenters. The summed E-state index contributed by atoms with van der Waals surface area (Å²) in [5.41, 5.74) is 0.552. The van der Waals surface area contributed by atoms with Crippen molar-refractivity contribution in [2.24, 2.45) is 0 Å². The van der Waals surface area contributed by atoms with E-state index >= 15 is 0 Å². The number of amides is 1. The van der Waals surface area contributed by atoms with Gasteiger partial charge in [-0.2, -0.15) is 0 Å². The van der Waals surface area contributed by atoms with E-state index in [0.29, 0.717) is 43.2 Å². The van der Waals surface area contributed by atoms with Gasteiger partial charge in [0.25, 0.3) is 0 Å². The number of carbonyl (C=O) groups excluding carboxylic acids is 1. The number of hydrogen-bond acceptors (Lipinski definition) is 5. The average Bonchev–Trinajstić information content (AvgIpc) is 2.54. The maximum absolute atomic E-state index is 11.9. The van der Waals surface area contributed by atoms with Crippen molar-refractivity contribution >= 4 is 11.9 Å². The fourth-order valence-electron chi connectivity index (χ4n) is 2.91. The number of carboxylic acid groups (broad SMARTS) is 1. The van der Waals surface area contributed by atoms with Crippen molar-refractivity contribution in [1.29, 1.82) is 0 Å². The lowest BCUT2D eigenvalue weighted by Gasteiger charge is -2.37. The second-order valence-corrected chi connectivity index (χ2v) is 5.37. The van der Waals surface area contributed by atoms with E-state index < -0.39 is 12.0 Å². The number of ether oxygens (including phenoxy) is 2. The lowest BCUT2D eigenvalue weighted by Crippen LogP contribution is -2.50. The summed E-state index contributed by atoms with van der Waals surface area (Å²) in [4.78, 5) is 26.8. The summed E-state index contributed by atoms with van der Waals surface area (Å²) in [5, 5.41) is 9.72. The molecule has 1 amide bonds. The molecule has 1 N–H and O–H groups in total. The molecule has 0 saturated carbocycles. The zero-order valence-electron chi connectivity index (χ0n) is 13.6. The minimum Gasteiger partial charge on any atom is -0.493 e. The van der Waals surface area contributed by atoms with Gasteiger partial charge in [-0.05, 0) is 6.07 Å². The maximum Gasteiger partial charge on any atom is 0.325 e. The third-order valence-electron chi connectivity index (χ3n) is 4.09. The van der Waals surface area contributed by atoms with Crippen LogP contribution in [0.3, 0.4) is 0 Å². The molecule has 1 saturated heterocycles. The Labute approximate surface area is 135 Å². The van der Waals surface area contributed by atoms with E-state index in [2.05, 4.69) is 0 Å². The molecule has 1 fully saturated rings. The van der Waals surface area contributed by atoms with Gasteiger partial charge in [-0.3, -0.25) is 14.5 Å². The van der Waals surface area contributed by atoms with Crippen molar-refractivity contribution in [3.8, 4) is 11.5 Å². The first-order valence-electron chi connectivity index (χ1n) is 7.42. The van der Waals surface area contributed by atoms with Gasteiger partial charge in [0.1, 0.15) is 6.04 Å². The smallest absolute Gasteiger partial charge is 0.325 e. The molecule has 1 aromatic rings. The molecule has 1 heterocycles. The van der Waals surface area contributed by atoms with Crippen LogP contribution in [0.2, 0.25) is 0 Å². The summed E-state index contributed by atoms with van der Waals surface area (Å²) in [6.07, 6.45) is 0. The van der Waals surface area contributed by atoms with Crippen LogP contribution in [0, 0.1) is 0 Å². The molecular weight excluding hydrogens is 300 g/mol. The average molecular weight is 322 g/mol. The fraction of sp³-hybridized carbons (Fsp3) is 0.500. The molecule has 0 aromatic heterocycles. The van der Waals surface area contributed by atoms with Gasteiger partial charge in [0.15, 0.2) is 11.5 Å². The van der Waals surface area contributed by atoms with Crippen molar-refractivity contribution in [3.63, 3.8) is 0 Å². The fourth-order valence-corrected chi connectivity index (χ4v) is 2.91. The van der Waals surface area contributed by atoms with Crippen LogP contribution in [0.5, 0.6) is 11.5 Å². The van der Waals surface area contributed by atoms with Gasteiger partial charge in [0.2, 0.25) is 5.91 Å². The predicted molar refractivity (Wildman–Crippen MR) is 83.7 cm³/mol. The Morgan fingerprint density at radius 1 is 1.13 bits per heavy atom. The number of benzene rings is 1. The zero-order valence-corrected chi connectivity index (χ0v) is 13.6. The topological polar surface area (TPSA) is 79.3 Å². The molecule has 0 radical (unpaired) electrons. The van der Waals surface area contributed by atoms with Crippen LogP contribution in [-0.2, 0) is 9.59 Å². The molecule has 7 nitrogen and oxygen atoms in total. The molecule has 7 heteroatoms. The summed E-state index contributed by atoms with van der Waals surface area (Å²) in [5.74, 6) is -0.0154. The van der Waals surface area contributed by atoms with Crippen LogP contribution >= 0.6 is 0 Å². The van der Waals surface area contributed by atoms with Crippen LogP contribution in [-0.4, -0.2) is 67.2 Å². The number of carbonyl (C=O) groups is 2. The van der Waals surface area contributed by atoms with Gasteiger partial charge in [0, 0.05) is 38.7 Å². The maximum atomic E-state index is 11.9. The number of methoxy groups -OCH3 is 2. The number of para-hydroxylation sites is 1. The standard InChI is InChI=1S/C16H22N2O5/c1-11(19)17-7-9-18(10-8-17)14(16(20)21)12-5-4-6-13(22-2)15(12)23-3/h4-6,14H,7-10H2,1-3H3,(H,20,21)/t14-/m1/s1. The van der Waals surface area contributed by atoms with Crippen molar-refractivity contribution in [1.82, 2.24) is 9.80 Å². The van der Waals surface area contributed by atoms with Gasteiger partial charge in [-0.25, -0.2) is 0 Å². The molecule has 0 bridgehead atoms. The highest BCUT2D eigenvalue weighted by atomic mass is 16.5. The third-order valence-corrected chi connectivity index (χ3v) is 4.09. The first-order chi connectivity index (χ1) is 11.0. The number of aliphatic carboxylic acids is 1. The Morgan fingerprint density at radius 3 is 2.26 bits per heavy atom. The zero-order chi connectivity index (χ0) is 17.0. The van der Waals surface area contributed by atoms with Gasteiger partial charge >= 0.3 is 5.97 Å². The van der Waals surface area contributed by atoms with Crippen LogP contribution in [0.1, 0.15) is 18.5 Å². The molecule has 0 aliphatic carbocycles. The van der Waals surface area contributed by atoms with E-state index in [0.717, 1.165) is 0 Å². The Kier molecular flexibility index (Phi) is 5.44. The highest BCUT2D eigenvalue weighted by Gasteiger charge is 2.33. The Morgan fingerprint density at radius 2 is 1.78 bits per heavy atom. The van der Waals surface area contributed by atoms with E-state index in [1.165, 1.54) is 21.1 Å². The van der Waals surface area contributed by atoms with Gasteiger partial charge in [0.05, 0.1) is 14.2 Å². The third kappa shape index (κ3) is 3.56. The first kappa shape index (κ1) is 17.1. The number of rotatable bonds is 5. The number of hydrogen-bond donors (Lipinski definition) is 1. The second-order valence-electron chi connectivity index (χ2n) is 5.37. The molecule has 1 aliphatic rings. The normalized spacial score (nSPS) is 16.7. The number of nitrogens with zero attached hydrogens (tertiary/aromatic N) is 2. The molecule has 1 aromatic carbocycles. The summed E-state index contributed by atoms with van der Waals surface area (Å²) >= 11 is 0. The predicted octanol–water partition coefficient (Wildman–Crippen LogP) is 0.994. The summed E-state index contributed by atoms with van der Waals surface area (Å²) in [6, 6.07) is 4.37. The quantitative estimate of drug-likeness (QED) is 0.871. The summed E-state index contributed by atoms with van der Waals surface area (Å²) in [6.45, 7) is 3.56. The van der Waals surface area contributed by atoms with Crippen LogP contribution in [0.25, 0.3) is 0 Å². The number of piperazine rings is 1. The van der Waals surface area contributed by atoms with Crippen LogP contribution in [0.4, 0.5) is 0 Å². The minimum absolute atomic E-state index is 0.00971. The van der Waals surface area contributed by atoms with E-state index in [-0.39, 0.29) is 5.91 Å². The van der Waals surface area contributed by atoms with Crippen molar-refractivity contribution in [2.45, 2.75) is 13.0 Å². The largest absolute Gasteiger partial charge is 0.493 e. The molecule has 126 valence electrons. The van der Waals surface area contributed by atoms with Crippen molar-refractivity contribution in [3.05, 3.63) is 23.8 Å². The Bertz CT molecular complexity index is 582. The molecule has 23 heavy (non-hydrogen) atoms. The monoisotopic (exact) mass is 322 g/mol. The highest BCUT2D eigenvalue weighted by Crippen LogP contribution is 2.37. The van der Waals surface area contributed by atoms with Crippen molar-refractivity contribution in [2.75, 3.05) is 40.4 Å². The Hall–Kier alpha value is -2.28. The van der Waals surface area contributed by atoms with Gasteiger partial charge < -0.3 is 19.5 Å². The summed E-state index contributed by atoms with van der Waals surface area (Å²) < 4.78 is 10.6. The number of carboxylic acids is 1. The first-order valence-corrected chi connectivity index (χ1v) is 7.42. The van der Waals surface area contributed by atoms with Crippen LogP contribution < -0.4 is 9.47 Å². The van der Waals surface area contributed by atoms with Crippen LogP contribution in [0.15, 0.2) is 18.2 Å². The van der Waals surface area contributed by atoms with Crippen molar-refractivity contribution < 1.29 is 24.2 Å².